The molecule has 2 nitrogen and oxygen atoms in total. The molecule has 0 aliphatic heterocycles. The van der Waals surface area contributed by atoms with Gasteiger partial charge in [-0.15, -0.1) is 0 Å². The molecule has 1 heterocycles. The van der Waals surface area contributed by atoms with Crippen LogP contribution < -0.4 is 0 Å². The van der Waals surface area contributed by atoms with Gasteiger partial charge in [-0.05, 0) is 60.6 Å². The zero-order chi connectivity index (χ0) is 15.5. The van der Waals surface area contributed by atoms with Gasteiger partial charge in [-0.25, -0.2) is 4.98 Å². The van der Waals surface area contributed by atoms with Crippen molar-refractivity contribution in [3.63, 3.8) is 0 Å². The second kappa shape index (κ2) is 6.35. The summed E-state index contributed by atoms with van der Waals surface area (Å²) in [4.78, 5) is 7.80. The van der Waals surface area contributed by atoms with Crippen molar-refractivity contribution in [3.05, 3.63) is 53.3 Å². The van der Waals surface area contributed by atoms with Crippen LogP contribution in [-0.4, -0.2) is 9.97 Å². The van der Waals surface area contributed by atoms with Crippen LogP contribution in [0.15, 0.2) is 36.4 Å². The lowest BCUT2D eigenvalue weighted by Gasteiger charge is -2.10. The number of hydrogen-bond donors (Lipinski definition) is 1. The van der Waals surface area contributed by atoms with Gasteiger partial charge in [0.1, 0.15) is 5.82 Å². The lowest BCUT2D eigenvalue weighted by Crippen LogP contribution is -1.94. The van der Waals surface area contributed by atoms with Gasteiger partial charge in [0.2, 0.25) is 0 Å². The maximum atomic E-state index is 4.47. The van der Waals surface area contributed by atoms with Gasteiger partial charge in [-0.2, -0.15) is 0 Å². The zero-order valence-electron chi connectivity index (χ0n) is 13.7. The minimum absolute atomic E-state index is 0.969. The van der Waals surface area contributed by atoms with Crippen LogP contribution in [0.3, 0.4) is 0 Å². The van der Waals surface area contributed by atoms with Crippen LogP contribution in [0.5, 0.6) is 0 Å². The molecule has 1 N–H and O–H groups in total. The first kappa shape index (κ1) is 14.8. The second-order valence-corrected chi connectivity index (χ2v) is 5.99. The predicted molar refractivity (Wildman–Crippen MR) is 94.3 cm³/mol. The SMILES string of the molecule is CCCCc1ccc(-c2ccc3nc(C)[nH]c3c2)cc1CC. The molecule has 0 saturated heterocycles. The van der Waals surface area contributed by atoms with E-state index in [0.717, 1.165) is 23.3 Å². The topological polar surface area (TPSA) is 28.7 Å². The molecule has 0 aliphatic rings. The van der Waals surface area contributed by atoms with Crippen LogP contribution in [0.2, 0.25) is 0 Å². The minimum atomic E-state index is 0.969. The number of aromatic nitrogens is 2. The maximum absolute atomic E-state index is 4.47. The molecule has 0 saturated carbocycles. The smallest absolute Gasteiger partial charge is 0.104 e. The molecule has 0 radical (unpaired) electrons. The molecule has 0 unspecified atom stereocenters. The van der Waals surface area contributed by atoms with Crippen LogP contribution in [-0.2, 0) is 12.8 Å². The molecule has 0 aliphatic carbocycles. The minimum Gasteiger partial charge on any atom is -0.342 e. The number of rotatable bonds is 5. The summed E-state index contributed by atoms with van der Waals surface area (Å²) in [7, 11) is 0. The van der Waals surface area contributed by atoms with E-state index in [4.69, 9.17) is 0 Å². The number of fused-ring (bicyclic) bond motifs is 1. The fourth-order valence-corrected chi connectivity index (χ4v) is 3.06. The molecule has 2 aromatic carbocycles. The van der Waals surface area contributed by atoms with Gasteiger partial charge < -0.3 is 4.98 Å². The maximum Gasteiger partial charge on any atom is 0.104 e. The van der Waals surface area contributed by atoms with E-state index in [1.165, 1.54) is 41.5 Å². The molecule has 0 spiro atoms. The number of unbranched alkanes of at least 4 members (excludes halogenated alkanes) is 1. The fraction of sp³-hybridized carbons (Fsp3) is 0.350. The van der Waals surface area contributed by atoms with Gasteiger partial charge in [0.05, 0.1) is 11.0 Å². The van der Waals surface area contributed by atoms with Gasteiger partial charge >= 0.3 is 0 Å². The van der Waals surface area contributed by atoms with Crippen molar-refractivity contribution in [2.24, 2.45) is 0 Å². The van der Waals surface area contributed by atoms with Crippen molar-refractivity contribution in [3.8, 4) is 11.1 Å². The van der Waals surface area contributed by atoms with Crippen LogP contribution in [0.25, 0.3) is 22.2 Å². The molecule has 3 rings (SSSR count). The Morgan fingerprint density at radius 3 is 2.50 bits per heavy atom. The average molecular weight is 292 g/mol. The van der Waals surface area contributed by atoms with E-state index in [1.54, 1.807) is 0 Å². The predicted octanol–water partition coefficient (Wildman–Crippen LogP) is 5.44. The lowest BCUT2D eigenvalue weighted by atomic mass is 9.95. The highest BCUT2D eigenvalue weighted by molar-refractivity contribution is 5.82. The fourth-order valence-electron chi connectivity index (χ4n) is 3.06. The van der Waals surface area contributed by atoms with Crippen molar-refractivity contribution < 1.29 is 0 Å². The highest BCUT2D eigenvalue weighted by Gasteiger charge is 2.06. The first-order valence-corrected chi connectivity index (χ1v) is 8.29. The molecular weight excluding hydrogens is 268 g/mol. The summed E-state index contributed by atoms with van der Waals surface area (Å²) in [6, 6.07) is 13.4. The van der Waals surface area contributed by atoms with E-state index >= 15 is 0 Å². The number of aryl methyl sites for hydroxylation is 3. The molecule has 2 heteroatoms. The highest BCUT2D eigenvalue weighted by atomic mass is 14.9. The van der Waals surface area contributed by atoms with Crippen molar-refractivity contribution in [2.75, 3.05) is 0 Å². The summed E-state index contributed by atoms with van der Waals surface area (Å²) < 4.78 is 0. The van der Waals surface area contributed by atoms with Gasteiger partial charge in [-0.3, -0.25) is 0 Å². The molecule has 22 heavy (non-hydrogen) atoms. The quantitative estimate of drug-likeness (QED) is 0.666. The number of aromatic amines is 1. The number of imidazole rings is 1. The van der Waals surface area contributed by atoms with E-state index in [9.17, 15) is 0 Å². The monoisotopic (exact) mass is 292 g/mol. The summed E-state index contributed by atoms with van der Waals surface area (Å²) in [5.41, 5.74) is 7.69. The molecule has 0 atom stereocenters. The third kappa shape index (κ3) is 2.92. The molecule has 0 amide bonds. The number of nitrogens with zero attached hydrogens (tertiary/aromatic N) is 1. The molecule has 1 aromatic heterocycles. The standard InChI is InChI=1S/C20H24N2/c1-4-6-7-16-8-9-17(12-15(16)5-2)18-10-11-19-20(13-18)22-14(3)21-19/h8-13H,4-7H2,1-3H3,(H,21,22). The van der Waals surface area contributed by atoms with E-state index in [1.807, 2.05) is 6.92 Å². The first-order valence-electron chi connectivity index (χ1n) is 8.29. The van der Waals surface area contributed by atoms with Crippen molar-refractivity contribution in [1.29, 1.82) is 0 Å². The largest absolute Gasteiger partial charge is 0.342 e. The van der Waals surface area contributed by atoms with Crippen LogP contribution in [0.4, 0.5) is 0 Å². The Labute approximate surface area is 132 Å². The summed E-state index contributed by atoms with van der Waals surface area (Å²) in [5.74, 6) is 0.969. The Morgan fingerprint density at radius 1 is 0.955 bits per heavy atom. The van der Waals surface area contributed by atoms with Crippen LogP contribution in [0, 0.1) is 6.92 Å². The summed E-state index contributed by atoms with van der Waals surface area (Å²) in [6.07, 6.45) is 4.81. The first-order chi connectivity index (χ1) is 10.7. The van der Waals surface area contributed by atoms with E-state index in [0.29, 0.717) is 0 Å². The number of hydrogen-bond acceptors (Lipinski definition) is 1. The normalized spacial score (nSPS) is 11.2. The zero-order valence-corrected chi connectivity index (χ0v) is 13.7. The third-order valence-electron chi connectivity index (χ3n) is 4.32. The lowest BCUT2D eigenvalue weighted by molar-refractivity contribution is 0.787. The Hall–Kier alpha value is -2.09. The van der Waals surface area contributed by atoms with Crippen molar-refractivity contribution in [1.82, 2.24) is 9.97 Å². The molecule has 0 fully saturated rings. The Balaban J connectivity index is 1.98. The highest BCUT2D eigenvalue weighted by Crippen LogP contribution is 2.26. The Morgan fingerprint density at radius 2 is 1.73 bits per heavy atom. The Kier molecular flexibility index (Phi) is 4.28. The third-order valence-corrected chi connectivity index (χ3v) is 4.32. The summed E-state index contributed by atoms with van der Waals surface area (Å²) >= 11 is 0. The van der Waals surface area contributed by atoms with E-state index < -0.39 is 0 Å². The number of nitrogens with one attached hydrogen (secondary N) is 1. The molecule has 0 bridgehead atoms. The summed E-state index contributed by atoms with van der Waals surface area (Å²) in [6.45, 7) is 6.50. The van der Waals surface area contributed by atoms with E-state index in [2.05, 4.69) is 60.2 Å². The van der Waals surface area contributed by atoms with Crippen LogP contribution in [0.1, 0.15) is 43.6 Å². The van der Waals surface area contributed by atoms with Crippen molar-refractivity contribution in [2.45, 2.75) is 46.5 Å². The number of H-pyrrole nitrogens is 1. The van der Waals surface area contributed by atoms with Gasteiger partial charge in [0.15, 0.2) is 0 Å². The molecular formula is C20H24N2. The molecule has 114 valence electrons. The molecule has 3 aromatic rings. The second-order valence-electron chi connectivity index (χ2n) is 5.99. The van der Waals surface area contributed by atoms with Gasteiger partial charge in [0, 0.05) is 0 Å². The number of benzene rings is 2. The van der Waals surface area contributed by atoms with E-state index in [-0.39, 0.29) is 0 Å². The van der Waals surface area contributed by atoms with Gasteiger partial charge in [-0.1, -0.05) is 44.5 Å². The van der Waals surface area contributed by atoms with Crippen molar-refractivity contribution >= 4 is 11.0 Å². The summed E-state index contributed by atoms with van der Waals surface area (Å²) in [5, 5.41) is 0. The average Bonchev–Trinajstić information content (AvgIpc) is 2.91. The van der Waals surface area contributed by atoms with Gasteiger partial charge in [0.25, 0.3) is 0 Å². The van der Waals surface area contributed by atoms with Crippen LogP contribution >= 0.6 is 0 Å². The Bertz CT molecular complexity index is 784.